The van der Waals surface area contributed by atoms with Gasteiger partial charge in [0.1, 0.15) is 5.60 Å². The molecule has 6 heteroatoms. The van der Waals surface area contributed by atoms with E-state index in [1.807, 2.05) is 41.8 Å². The van der Waals surface area contributed by atoms with Gasteiger partial charge in [-0.15, -0.1) is 0 Å². The molecule has 0 fully saturated rings. The molecule has 0 aliphatic carbocycles. The maximum Gasteiger partial charge on any atom is 0.209 e. The summed E-state index contributed by atoms with van der Waals surface area (Å²) in [6, 6.07) is 10.3. The third kappa shape index (κ3) is 4.21. The van der Waals surface area contributed by atoms with Gasteiger partial charge in [-0.25, -0.2) is 15.0 Å². The fourth-order valence-electron chi connectivity index (χ4n) is 2.70. The molecule has 0 bridgehead atoms. The largest absolute Gasteiger partial charge is 0.374 e. The van der Waals surface area contributed by atoms with Crippen LogP contribution in [0.15, 0.2) is 49.3 Å². The zero-order chi connectivity index (χ0) is 20.1. The third-order valence-corrected chi connectivity index (χ3v) is 4.55. The predicted octanol–water partition coefficient (Wildman–Crippen LogP) is 3.70. The summed E-state index contributed by atoms with van der Waals surface area (Å²) in [7, 11) is 0. The highest BCUT2D eigenvalue weighted by molar-refractivity contribution is 5.83. The molecule has 2 aromatic heterocycles. The van der Waals surface area contributed by atoms with Gasteiger partial charge >= 0.3 is 0 Å². The van der Waals surface area contributed by atoms with Gasteiger partial charge in [0.25, 0.3) is 0 Å². The monoisotopic (exact) mass is 375 g/mol. The van der Waals surface area contributed by atoms with Gasteiger partial charge in [-0.3, -0.25) is 0 Å². The van der Waals surface area contributed by atoms with Gasteiger partial charge in [0, 0.05) is 12.6 Å². The van der Waals surface area contributed by atoms with E-state index in [4.69, 9.17) is 0 Å². The van der Waals surface area contributed by atoms with Crippen LogP contribution >= 0.6 is 0 Å². The van der Waals surface area contributed by atoms with Crippen molar-refractivity contribution >= 4 is 17.0 Å². The molecule has 0 aliphatic heterocycles. The first-order valence-corrected chi connectivity index (χ1v) is 9.37. The highest BCUT2D eigenvalue weighted by Gasteiger charge is 2.17. The average Bonchev–Trinajstić information content (AvgIpc) is 3.15. The lowest BCUT2D eigenvalue weighted by Gasteiger charge is -2.13. The van der Waals surface area contributed by atoms with Crippen molar-refractivity contribution < 1.29 is 5.11 Å². The summed E-state index contributed by atoms with van der Waals surface area (Å²) in [5, 5.41) is 13.7. The lowest BCUT2D eigenvalue weighted by atomic mass is 10.0. The van der Waals surface area contributed by atoms with Gasteiger partial charge < -0.3 is 15.0 Å². The van der Waals surface area contributed by atoms with Crippen LogP contribution in [-0.4, -0.2) is 30.2 Å². The van der Waals surface area contributed by atoms with Crippen LogP contribution in [0.25, 0.3) is 11.2 Å². The van der Waals surface area contributed by atoms with Crippen LogP contribution in [-0.2, 0) is 6.54 Å². The van der Waals surface area contributed by atoms with Gasteiger partial charge in [-0.05, 0) is 37.8 Å². The van der Waals surface area contributed by atoms with Gasteiger partial charge in [0.15, 0.2) is 17.0 Å². The topological polar surface area (TPSA) is 75.9 Å². The molecule has 0 radical (unpaired) electrons. The van der Waals surface area contributed by atoms with Crippen LogP contribution in [0.5, 0.6) is 0 Å². The molecule has 2 N–H and O–H groups in total. The van der Waals surface area contributed by atoms with Crippen molar-refractivity contribution in [3.63, 3.8) is 0 Å². The molecule has 0 spiro atoms. The Bertz CT molecular complexity index is 1030. The first-order valence-electron chi connectivity index (χ1n) is 9.37. The number of nitrogens with zero attached hydrogens (tertiary/aromatic N) is 4. The van der Waals surface area contributed by atoms with Crippen LogP contribution < -0.4 is 5.32 Å². The number of hydrogen-bond acceptors (Lipinski definition) is 5. The van der Waals surface area contributed by atoms with E-state index in [9.17, 15) is 5.11 Å². The van der Waals surface area contributed by atoms with Crippen molar-refractivity contribution in [2.45, 2.75) is 45.4 Å². The molecule has 3 rings (SSSR count). The molecular weight excluding hydrogens is 350 g/mol. The van der Waals surface area contributed by atoms with E-state index in [0.29, 0.717) is 35.8 Å². The molecule has 0 aliphatic rings. The molecule has 144 valence electrons. The second-order valence-corrected chi connectivity index (χ2v) is 6.88. The molecule has 6 nitrogen and oxygen atoms in total. The zero-order valence-electron chi connectivity index (χ0n) is 16.5. The summed E-state index contributed by atoms with van der Waals surface area (Å²) in [4.78, 5) is 13.6. The van der Waals surface area contributed by atoms with Crippen molar-refractivity contribution in [1.29, 1.82) is 0 Å². The summed E-state index contributed by atoms with van der Waals surface area (Å²) < 4.78 is 1.98. The number of anilines is 1. The minimum absolute atomic E-state index is 0.198. The Morgan fingerprint density at radius 3 is 2.68 bits per heavy atom. The minimum atomic E-state index is -1.26. The van der Waals surface area contributed by atoms with Gasteiger partial charge in [-0.2, -0.15) is 0 Å². The molecular formula is C22H25N5O. The number of fused-ring (bicyclic) bond motifs is 1. The van der Waals surface area contributed by atoms with E-state index >= 15 is 0 Å². The van der Waals surface area contributed by atoms with E-state index in [1.54, 1.807) is 6.33 Å². The van der Waals surface area contributed by atoms with E-state index in [1.165, 1.54) is 6.08 Å². The Balaban J connectivity index is 2.03. The number of hydrogen-bond donors (Lipinski definition) is 2. The standard InChI is InChI=1S/C22H25N5O/c1-5-22(28,6-2)13-12-18-25-20(23-14-17-10-8-7-9-11-17)19-21(26-18)27(15-24-19)16(3)4/h5,7-11,15-16,28H,1,6,14H2,2-4H3,(H,23,25,26). The summed E-state index contributed by atoms with van der Waals surface area (Å²) in [6.45, 7) is 10.3. The van der Waals surface area contributed by atoms with Crippen molar-refractivity contribution in [1.82, 2.24) is 19.5 Å². The molecule has 0 saturated carbocycles. The lowest BCUT2D eigenvalue weighted by molar-refractivity contribution is 0.149. The van der Waals surface area contributed by atoms with E-state index in [2.05, 4.69) is 52.5 Å². The van der Waals surface area contributed by atoms with Gasteiger partial charge in [0.05, 0.1) is 6.33 Å². The Morgan fingerprint density at radius 1 is 1.29 bits per heavy atom. The van der Waals surface area contributed by atoms with Gasteiger partial charge in [0.2, 0.25) is 5.82 Å². The summed E-state index contributed by atoms with van der Waals surface area (Å²) in [5.41, 5.74) is 1.29. The van der Waals surface area contributed by atoms with Crippen molar-refractivity contribution in [2.75, 3.05) is 5.32 Å². The Labute approximate surface area is 165 Å². The van der Waals surface area contributed by atoms with Crippen molar-refractivity contribution in [3.8, 4) is 11.8 Å². The highest BCUT2D eigenvalue weighted by Crippen LogP contribution is 2.22. The molecule has 28 heavy (non-hydrogen) atoms. The first-order chi connectivity index (χ1) is 13.5. The van der Waals surface area contributed by atoms with E-state index in [-0.39, 0.29) is 6.04 Å². The second-order valence-electron chi connectivity index (χ2n) is 6.88. The molecule has 3 aromatic rings. The second kappa shape index (κ2) is 8.24. The molecule has 1 aromatic carbocycles. The summed E-state index contributed by atoms with van der Waals surface area (Å²) in [6.07, 6.45) is 3.64. The van der Waals surface area contributed by atoms with Crippen molar-refractivity contribution in [2.24, 2.45) is 0 Å². The predicted molar refractivity (Wildman–Crippen MR) is 112 cm³/mol. The quantitative estimate of drug-likeness (QED) is 0.507. The molecule has 1 unspecified atom stereocenters. The maximum atomic E-state index is 10.3. The van der Waals surface area contributed by atoms with Crippen LogP contribution in [0.2, 0.25) is 0 Å². The smallest absolute Gasteiger partial charge is 0.209 e. The number of benzene rings is 1. The molecule has 1 atom stereocenters. The SMILES string of the molecule is C=CC(O)(C#Cc1nc(NCc2ccccc2)c2ncn(C(C)C)c2n1)CC. The van der Waals surface area contributed by atoms with Gasteiger partial charge in [-0.1, -0.05) is 49.8 Å². The van der Waals surface area contributed by atoms with Crippen molar-refractivity contribution in [3.05, 3.63) is 60.7 Å². The maximum absolute atomic E-state index is 10.3. The Hall–Kier alpha value is -3.17. The molecule has 0 amide bonds. The van der Waals surface area contributed by atoms with E-state index < -0.39 is 5.60 Å². The third-order valence-electron chi connectivity index (χ3n) is 4.55. The molecule has 0 saturated heterocycles. The van der Waals surface area contributed by atoms with Crippen LogP contribution in [0.1, 0.15) is 44.6 Å². The number of imidazole rings is 1. The average molecular weight is 375 g/mol. The minimum Gasteiger partial charge on any atom is -0.374 e. The first kappa shape index (κ1) is 19.6. The lowest BCUT2D eigenvalue weighted by Crippen LogP contribution is -2.21. The summed E-state index contributed by atoms with van der Waals surface area (Å²) >= 11 is 0. The molecule has 2 heterocycles. The number of nitrogens with one attached hydrogen (secondary N) is 1. The zero-order valence-corrected chi connectivity index (χ0v) is 16.5. The fourth-order valence-corrected chi connectivity index (χ4v) is 2.70. The normalized spacial score (nSPS) is 13.0. The van der Waals surface area contributed by atoms with Crippen LogP contribution in [0, 0.1) is 11.8 Å². The fraction of sp³-hybridized carbons (Fsp3) is 0.318. The van der Waals surface area contributed by atoms with E-state index in [0.717, 1.165) is 5.56 Å². The number of rotatable bonds is 6. The van der Waals surface area contributed by atoms with Crippen LogP contribution in [0.3, 0.4) is 0 Å². The Kier molecular flexibility index (Phi) is 5.76. The summed E-state index contributed by atoms with van der Waals surface area (Å²) in [5.74, 6) is 6.68. The Morgan fingerprint density at radius 2 is 2.04 bits per heavy atom. The van der Waals surface area contributed by atoms with Crippen LogP contribution in [0.4, 0.5) is 5.82 Å². The number of aromatic nitrogens is 4. The highest BCUT2D eigenvalue weighted by atomic mass is 16.3. The number of aliphatic hydroxyl groups is 1.